The van der Waals surface area contributed by atoms with Gasteiger partial charge in [0.1, 0.15) is 18.0 Å². The van der Waals surface area contributed by atoms with Crippen LogP contribution in [0, 0.1) is 0 Å². The van der Waals surface area contributed by atoms with Gasteiger partial charge in [0.25, 0.3) is 0 Å². The minimum absolute atomic E-state index is 0.155. The lowest BCUT2D eigenvalue weighted by molar-refractivity contribution is 0.0520. The molecule has 188 valence electrons. The van der Waals surface area contributed by atoms with Crippen molar-refractivity contribution in [2.24, 2.45) is 7.05 Å². The quantitative estimate of drug-likeness (QED) is 0.325. The second-order valence-electron chi connectivity index (χ2n) is 8.30. The standard InChI is InChI=1S/C22H26BrN5O7/c1-22(2,3)34-20(31)24-9-10-33-16-6-5-13(11-14(16)19-15(23)12-25-27(19)4)26-21(32)35-28-17(29)7-8-18(28)30/h5-8,11-12,29-30H,9-10H2,1-4H3,(H,24,31)(H,26,32). The van der Waals surface area contributed by atoms with E-state index >= 15 is 0 Å². The SMILES string of the molecule is Cn1ncc(Br)c1-c1cc(NC(=O)On2c(O)ccc2O)ccc1OCCNC(=O)OC(C)(C)C. The highest BCUT2D eigenvalue weighted by Crippen LogP contribution is 2.36. The van der Waals surface area contributed by atoms with E-state index in [0.29, 0.717) is 31.9 Å². The lowest BCUT2D eigenvalue weighted by Gasteiger charge is -2.20. The predicted molar refractivity (Wildman–Crippen MR) is 129 cm³/mol. The average Bonchev–Trinajstić information content (AvgIpc) is 3.26. The average molecular weight is 552 g/mol. The molecule has 0 aliphatic carbocycles. The van der Waals surface area contributed by atoms with Gasteiger partial charge >= 0.3 is 12.2 Å². The first-order valence-electron chi connectivity index (χ1n) is 10.4. The number of halogens is 1. The van der Waals surface area contributed by atoms with E-state index < -0.39 is 29.5 Å². The number of amides is 2. The van der Waals surface area contributed by atoms with Crippen LogP contribution in [0.25, 0.3) is 11.3 Å². The van der Waals surface area contributed by atoms with Gasteiger partial charge in [-0.3, -0.25) is 10.00 Å². The molecule has 0 radical (unpaired) electrons. The molecular formula is C22H26BrN5O7. The highest BCUT2D eigenvalue weighted by Gasteiger charge is 2.19. The summed E-state index contributed by atoms with van der Waals surface area (Å²) in [6.45, 7) is 5.68. The maximum absolute atomic E-state index is 12.3. The van der Waals surface area contributed by atoms with Crippen molar-refractivity contribution in [2.45, 2.75) is 26.4 Å². The second-order valence-corrected chi connectivity index (χ2v) is 9.15. The van der Waals surface area contributed by atoms with E-state index in [1.807, 2.05) is 0 Å². The molecule has 35 heavy (non-hydrogen) atoms. The fourth-order valence-corrected chi connectivity index (χ4v) is 3.54. The Balaban J connectivity index is 1.74. The number of rotatable bonds is 7. The van der Waals surface area contributed by atoms with Crippen LogP contribution < -0.4 is 20.2 Å². The van der Waals surface area contributed by atoms with E-state index in [1.54, 1.807) is 56.9 Å². The molecule has 0 aliphatic heterocycles. The van der Waals surface area contributed by atoms with Gasteiger partial charge in [-0.05, 0) is 54.9 Å². The Morgan fingerprint density at radius 2 is 1.80 bits per heavy atom. The zero-order valence-corrected chi connectivity index (χ0v) is 21.1. The molecule has 12 nitrogen and oxygen atoms in total. The van der Waals surface area contributed by atoms with E-state index in [4.69, 9.17) is 14.3 Å². The highest BCUT2D eigenvalue weighted by molar-refractivity contribution is 9.10. The van der Waals surface area contributed by atoms with Gasteiger partial charge in [-0.1, -0.05) is 0 Å². The lowest BCUT2D eigenvalue weighted by Crippen LogP contribution is -2.34. The normalized spacial score (nSPS) is 11.1. The zero-order chi connectivity index (χ0) is 25.8. The first-order chi connectivity index (χ1) is 16.4. The number of benzene rings is 1. The second kappa shape index (κ2) is 10.6. The number of carbonyl (C=O) groups is 2. The van der Waals surface area contributed by atoms with E-state index in [-0.39, 0.29) is 13.2 Å². The summed E-state index contributed by atoms with van der Waals surface area (Å²) in [4.78, 5) is 29.0. The van der Waals surface area contributed by atoms with Gasteiger partial charge in [0, 0.05) is 30.4 Å². The Morgan fingerprint density at radius 1 is 1.11 bits per heavy atom. The maximum Gasteiger partial charge on any atom is 0.436 e. The number of nitrogens with zero attached hydrogens (tertiary/aromatic N) is 3. The summed E-state index contributed by atoms with van der Waals surface area (Å²) in [5.74, 6) is -0.415. The molecule has 0 atom stereocenters. The molecular weight excluding hydrogens is 526 g/mol. The van der Waals surface area contributed by atoms with Crippen LogP contribution in [0.5, 0.6) is 17.5 Å². The Hall–Kier alpha value is -3.87. The third kappa shape index (κ3) is 6.82. The molecule has 0 unspecified atom stereocenters. The molecule has 2 amide bonds. The van der Waals surface area contributed by atoms with Crippen molar-refractivity contribution in [1.29, 1.82) is 0 Å². The number of alkyl carbamates (subject to hydrolysis) is 1. The summed E-state index contributed by atoms with van der Waals surface area (Å²) in [6.07, 6.45) is 0.125. The Kier molecular flexibility index (Phi) is 7.79. The molecule has 4 N–H and O–H groups in total. The number of aromatic hydroxyl groups is 2. The molecule has 0 spiro atoms. The monoisotopic (exact) mass is 551 g/mol. The van der Waals surface area contributed by atoms with E-state index in [2.05, 4.69) is 31.7 Å². The largest absolute Gasteiger partial charge is 0.492 e. The summed E-state index contributed by atoms with van der Waals surface area (Å²) in [7, 11) is 1.75. The number of aromatic nitrogens is 3. The molecule has 0 saturated heterocycles. The predicted octanol–water partition coefficient (Wildman–Crippen LogP) is 3.63. The molecule has 2 heterocycles. The van der Waals surface area contributed by atoms with E-state index in [0.717, 1.165) is 0 Å². The summed E-state index contributed by atoms with van der Waals surface area (Å²) in [5.41, 5.74) is 1.02. The molecule has 3 rings (SSSR count). The maximum atomic E-state index is 12.3. The number of carbonyl (C=O) groups excluding carboxylic acids is 2. The van der Waals surface area contributed by atoms with Crippen molar-refractivity contribution in [2.75, 3.05) is 18.5 Å². The van der Waals surface area contributed by atoms with Crippen LogP contribution in [0.3, 0.4) is 0 Å². The third-order valence-electron chi connectivity index (χ3n) is 4.37. The van der Waals surface area contributed by atoms with E-state index in [9.17, 15) is 19.8 Å². The summed E-state index contributed by atoms with van der Waals surface area (Å²) < 4.78 is 14.0. The molecule has 3 aromatic rings. The van der Waals surface area contributed by atoms with Crippen molar-refractivity contribution in [3.8, 4) is 28.8 Å². The van der Waals surface area contributed by atoms with Crippen LogP contribution >= 0.6 is 15.9 Å². The summed E-state index contributed by atoms with van der Waals surface area (Å²) >= 11 is 3.46. The van der Waals surface area contributed by atoms with Gasteiger partial charge in [0.15, 0.2) is 0 Å². The number of hydrogen-bond donors (Lipinski definition) is 4. The number of aryl methyl sites for hydroxylation is 1. The minimum atomic E-state index is -0.947. The van der Waals surface area contributed by atoms with Crippen LogP contribution in [-0.2, 0) is 11.8 Å². The topological polar surface area (TPSA) is 149 Å². The Bertz CT molecular complexity index is 1180. The van der Waals surface area contributed by atoms with Gasteiger partial charge in [-0.15, -0.1) is 4.73 Å². The number of ether oxygens (including phenoxy) is 2. The number of hydrogen-bond acceptors (Lipinski definition) is 8. The van der Waals surface area contributed by atoms with Crippen molar-refractivity contribution in [3.63, 3.8) is 0 Å². The minimum Gasteiger partial charge on any atom is -0.492 e. The molecule has 0 saturated carbocycles. The van der Waals surface area contributed by atoms with Gasteiger partial charge in [-0.2, -0.15) is 5.10 Å². The first-order valence-corrected chi connectivity index (χ1v) is 11.2. The molecule has 0 bridgehead atoms. The van der Waals surface area contributed by atoms with Crippen LogP contribution in [0.1, 0.15) is 20.8 Å². The van der Waals surface area contributed by atoms with Gasteiger partial charge in [0.05, 0.1) is 22.9 Å². The highest BCUT2D eigenvalue weighted by atomic mass is 79.9. The third-order valence-corrected chi connectivity index (χ3v) is 4.96. The lowest BCUT2D eigenvalue weighted by atomic mass is 10.1. The van der Waals surface area contributed by atoms with Gasteiger partial charge in [-0.25, -0.2) is 9.59 Å². The van der Waals surface area contributed by atoms with Crippen molar-refractivity contribution in [3.05, 3.63) is 41.0 Å². The van der Waals surface area contributed by atoms with Crippen LogP contribution in [0.4, 0.5) is 15.3 Å². The molecule has 1 aromatic carbocycles. The van der Waals surface area contributed by atoms with Crippen molar-refractivity contribution < 1.29 is 34.1 Å². The van der Waals surface area contributed by atoms with Crippen molar-refractivity contribution >= 4 is 33.8 Å². The Labute approximate surface area is 209 Å². The summed E-state index contributed by atoms with van der Waals surface area (Å²) in [5, 5.41) is 28.6. The fraction of sp³-hybridized carbons (Fsp3) is 0.318. The van der Waals surface area contributed by atoms with Gasteiger partial charge < -0.3 is 29.8 Å². The zero-order valence-electron chi connectivity index (χ0n) is 19.5. The first kappa shape index (κ1) is 25.7. The molecule has 0 fully saturated rings. The van der Waals surface area contributed by atoms with E-state index in [1.165, 1.54) is 12.1 Å². The van der Waals surface area contributed by atoms with Crippen LogP contribution in [0.15, 0.2) is 41.0 Å². The fourth-order valence-electron chi connectivity index (χ4n) is 2.98. The smallest absolute Gasteiger partial charge is 0.436 e. The molecule has 13 heteroatoms. The van der Waals surface area contributed by atoms with Crippen molar-refractivity contribution in [1.82, 2.24) is 19.8 Å². The summed E-state index contributed by atoms with van der Waals surface area (Å²) in [6, 6.07) is 7.22. The van der Waals surface area contributed by atoms with Crippen LogP contribution in [-0.4, -0.2) is 55.7 Å². The number of nitrogens with one attached hydrogen (secondary N) is 2. The molecule has 2 aromatic heterocycles. The Morgan fingerprint density at radius 3 is 2.40 bits per heavy atom. The number of anilines is 1. The molecule has 0 aliphatic rings. The van der Waals surface area contributed by atoms with Crippen LogP contribution in [0.2, 0.25) is 0 Å². The van der Waals surface area contributed by atoms with Gasteiger partial charge in [0.2, 0.25) is 11.8 Å².